The molecule has 1 saturated heterocycles. The number of carbonyl (C=O) groups is 1. The van der Waals surface area contributed by atoms with Gasteiger partial charge in [0.05, 0.1) is 12.6 Å². The summed E-state index contributed by atoms with van der Waals surface area (Å²) >= 11 is 0. The Bertz CT molecular complexity index is 719. The van der Waals surface area contributed by atoms with Gasteiger partial charge >= 0.3 is 0 Å². The first-order chi connectivity index (χ1) is 13.0. The van der Waals surface area contributed by atoms with Gasteiger partial charge in [-0.25, -0.2) is 4.98 Å². The molecule has 0 saturated carbocycles. The highest BCUT2D eigenvalue weighted by Gasteiger charge is 2.24. The molecule has 1 aromatic carbocycles. The Morgan fingerprint density at radius 1 is 1.22 bits per heavy atom. The zero-order valence-electron chi connectivity index (χ0n) is 16.6. The number of amides is 1. The van der Waals surface area contributed by atoms with E-state index in [2.05, 4.69) is 64.5 Å². The minimum absolute atomic E-state index is 0.0711. The maximum atomic E-state index is 12.7. The summed E-state index contributed by atoms with van der Waals surface area (Å²) in [7, 11) is 1.87. The molecule has 2 aromatic rings. The Kier molecular flexibility index (Phi) is 6.61. The van der Waals surface area contributed by atoms with Crippen LogP contribution in [0.25, 0.3) is 0 Å². The van der Waals surface area contributed by atoms with Gasteiger partial charge in [-0.15, -0.1) is 0 Å². The number of piperidine rings is 1. The van der Waals surface area contributed by atoms with Crippen LogP contribution in [0.2, 0.25) is 0 Å². The average Bonchev–Trinajstić information content (AvgIpc) is 3.08. The summed E-state index contributed by atoms with van der Waals surface area (Å²) in [6.45, 7) is 6.69. The Labute approximate surface area is 162 Å². The third-order valence-corrected chi connectivity index (χ3v) is 5.33. The van der Waals surface area contributed by atoms with Crippen LogP contribution in [-0.2, 0) is 11.8 Å². The van der Waals surface area contributed by atoms with Crippen molar-refractivity contribution >= 4 is 5.91 Å². The Balaban J connectivity index is 1.52. The van der Waals surface area contributed by atoms with Crippen molar-refractivity contribution in [3.05, 3.63) is 48.0 Å². The Morgan fingerprint density at radius 2 is 1.93 bits per heavy atom. The number of nitrogens with one attached hydrogen (secondary N) is 1. The third-order valence-electron chi connectivity index (χ3n) is 5.33. The van der Waals surface area contributed by atoms with E-state index in [9.17, 15) is 4.79 Å². The lowest BCUT2D eigenvalue weighted by molar-refractivity contribution is -0.123. The van der Waals surface area contributed by atoms with Gasteiger partial charge in [0.1, 0.15) is 12.2 Å². The molecule has 1 fully saturated rings. The van der Waals surface area contributed by atoms with E-state index in [0.29, 0.717) is 18.4 Å². The number of likely N-dealkylation sites (tertiary alicyclic amines) is 1. The molecule has 6 nitrogen and oxygen atoms in total. The second kappa shape index (κ2) is 9.13. The molecule has 0 radical (unpaired) electrons. The first kappa shape index (κ1) is 19.5. The topological polar surface area (TPSA) is 63.1 Å². The molecule has 146 valence electrons. The summed E-state index contributed by atoms with van der Waals surface area (Å²) < 4.78 is 1.75. The summed E-state index contributed by atoms with van der Waals surface area (Å²) in [5, 5.41) is 7.33. The van der Waals surface area contributed by atoms with Gasteiger partial charge in [-0.3, -0.25) is 14.4 Å². The first-order valence-electron chi connectivity index (χ1n) is 9.93. The van der Waals surface area contributed by atoms with E-state index >= 15 is 0 Å². The molecule has 1 atom stereocenters. The van der Waals surface area contributed by atoms with Crippen molar-refractivity contribution in [1.82, 2.24) is 25.0 Å². The molecule has 1 unspecified atom stereocenters. The fourth-order valence-electron chi connectivity index (χ4n) is 3.91. The summed E-state index contributed by atoms with van der Waals surface area (Å²) in [6, 6.07) is 10.6. The number of hydrogen-bond donors (Lipinski definition) is 1. The van der Waals surface area contributed by atoms with Crippen LogP contribution in [-0.4, -0.2) is 45.2 Å². The molecule has 3 rings (SSSR count). The molecule has 0 aliphatic carbocycles. The highest BCUT2D eigenvalue weighted by Crippen LogP contribution is 2.27. The normalized spacial score (nSPS) is 17.2. The smallest absolute Gasteiger partial charge is 0.234 e. The van der Waals surface area contributed by atoms with Crippen LogP contribution < -0.4 is 5.32 Å². The lowest BCUT2D eigenvalue weighted by atomic mass is 9.89. The standard InChI is InChI=1S/C21H31N5O/c1-16(2)13-19(21-22-15-23-25(21)3)24-20(27)14-26-11-9-18(10-12-26)17-7-5-4-6-8-17/h4-8,15-16,18-19H,9-14H2,1-3H3,(H,24,27). The summed E-state index contributed by atoms with van der Waals surface area (Å²) in [6.07, 6.45) is 4.61. The van der Waals surface area contributed by atoms with Gasteiger partial charge in [-0.1, -0.05) is 44.2 Å². The second-order valence-electron chi connectivity index (χ2n) is 7.95. The van der Waals surface area contributed by atoms with Crippen LogP contribution >= 0.6 is 0 Å². The van der Waals surface area contributed by atoms with E-state index in [1.165, 1.54) is 5.56 Å². The van der Waals surface area contributed by atoms with Crippen LogP contribution in [0.5, 0.6) is 0 Å². The fraction of sp³-hybridized carbons (Fsp3) is 0.571. The van der Waals surface area contributed by atoms with Crippen LogP contribution in [0.1, 0.15) is 56.5 Å². The van der Waals surface area contributed by atoms with Crippen molar-refractivity contribution in [2.24, 2.45) is 13.0 Å². The molecule has 1 aliphatic heterocycles. The Hall–Kier alpha value is -2.21. The number of aromatic nitrogens is 3. The van der Waals surface area contributed by atoms with Gasteiger partial charge in [0.15, 0.2) is 0 Å². The molecular formula is C21H31N5O. The number of rotatable bonds is 7. The van der Waals surface area contributed by atoms with Gasteiger partial charge in [0, 0.05) is 7.05 Å². The zero-order chi connectivity index (χ0) is 19.2. The van der Waals surface area contributed by atoms with Crippen LogP contribution in [0.4, 0.5) is 0 Å². The number of benzene rings is 1. The van der Waals surface area contributed by atoms with E-state index in [0.717, 1.165) is 38.2 Å². The highest BCUT2D eigenvalue weighted by molar-refractivity contribution is 5.78. The number of carbonyl (C=O) groups excluding carboxylic acids is 1. The molecular weight excluding hydrogens is 338 g/mol. The largest absolute Gasteiger partial charge is 0.345 e. The SMILES string of the molecule is CC(C)CC(NC(=O)CN1CCC(c2ccccc2)CC1)c1ncnn1C. The van der Waals surface area contributed by atoms with Gasteiger partial charge in [0.25, 0.3) is 0 Å². The summed E-state index contributed by atoms with van der Waals surface area (Å²) in [5.74, 6) is 1.97. The third kappa shape index (κ3) is 5.39. The molecule has 6 heteroatoms. The zero-order valence-corrected chi connectivity index (χ0v) is 16.6. The molecule has 1 N–H and O–H groups in total. The highest BCUT2D eigenvalue weighted by atomic mass is 16.2. The molecule has 2 heterocycles. The van der Waals surface area contributed by atoms with Gasteiger partial charge < -0.3 is 5.32 Å². The van der Waals surface area contributed by atoms with E-state index in [-0.39, 0.29) is 11.9 Å². The molecule has 27 heavy (non-hydrogen) atoms. The van der Waals surface area contributed by atoms with E-state index < -0.39 is 0 Å². The molecule has 0 bridgehead atoms. The van der Waals surface area contributed by atoms with Gasteiger partial charge in [0.2, 0.25) is 5.91 Å². The number of nitrogens with zero attached hydrogens (tertiary/aromatic N) is 4. The predicted molar refractivity (Wildman–Crippen MR) is 106 cm³/mol. The number of hydrogen-bond acceptors (Lipinski definition) is 4. The lowest BCUT2D eigenvalue weighted by Gasteiger charge is -2.32. The van der Waals surface area contributed by atoms with Crippen molar-refractivity contribution in [1.29, 1.82) is 0 Å². The van der Waals surface area contributed by atoms with Crippen molar-refractivity contribution in [2.75, 3.05) is 19.6 Å². The maximum absolute atomic E-state index is 12.7. The Morgan fingerprint density at radius 3 is 2.52 bits per heavy atom. The molecule has 1 aromatic heterocycles. The van der Waals surface area contributed by atoms with Crippen molar-refractivity contribution in [3.8, 4) is 0 Å². The van der Waals surface area contributed by atoms with Crippen LogP contribution in [0, 0.1) is 5.92 Å². The maximum Gasteiger partial charge on any atom is 0.234 e. The van der Waals surface area contributed by atoms with Crippen LogP contribution in [0.3, 0.4) is 0 Å². The van der Waals surface area contributed by atoms with Crippen molar-refractivity contribution in [2.45, 2.75) is 45.1 Å². The van der Waals surface area contributed by atoms with E-state index in [1.54, 1.807) is 11.0 Å². The molecule has 0 spiro atoms. The van der Waals surface area contributed by atoms with Crippen molar-refractivity contribution < 1.29 is 4.79 Å². The number of aryl methyl sites for hydroxylation is 1. The van der Waals surface area contributed by atoms with Gasteiger partial charge in [-0.05, 0) is 49.8 Å². The van der Waals surface area contributed by atoms with Crippen molar-refractivity contribution in [3.63, 3.8) is 0 Å². The minimum atomic E-state index is -0.0909. The molecule has 1 amide bonds. The van der Waals surface area contributed by atoms with E-state index in [1.807, 2.05) is 7.05 Å². The summed E-state index contributed by atoms with van der Waals surface area (Å²) in [5.41, 5.74) is 1.42. The average molecular weight is 370 g/mol. The fourth-order valence-corrected chi connectivity index (χ4v) is 3.91. The predicted octanol–water partition coefficient (Wildman–Crippen LogP) is 2.90. The molecule has 1 aliphatic rings. The monoisotopic (exact) mass is 369 g/mol. The van der Waals surface area contributed by atoms with E-state index in [4.69, 9.17) is 0 Å². The second-order valence-corrected chi connectivity index (χ2v) is 7.95. The summed E-state index contributed by atoms with van der Waals surface area (Å²) in [4.78, 5) is 19.2. The van der Waals surface area contributed by atoms with Crippen LogP contribution in [0.15, 0.2) is 36.7 Å². The lowest BCUT2D eigenvalue weighted by Crippen LogP contribution is -2.42. The minimum Gasteiger partial charge on any atom is -0.345 e. The quantitative estimate of drug-likeness (QED) is 0.815. The first-order valence-corrected chi connectivity index (χ1v) is 9.93. The van der Waals surface area contributed by atoms with Gasteiger partial charge in [-0.2, -0.15) is 5.10 Å².